The summed E-state index contributed by atoms with van der Waals surface area (Å²) in [7, 11) is 0. The number of H-pyrrole nitrogens is 1. The molecule has 6 rings (SSSR count). The minimum atomic E-state index is -4.66. The number of benzene rings is 1. The number of rotatable bonds is 6. The number of hydrogen-bond donors (Lipinski definition) is 4. The topological polar surface area (TPSA) is 189 Å². The number of amides is 2. The standard InChI is InChI=1S/C17H18F3N5O2.C13H17F3N4O.C7H9NS.C2H6/c18-17(19,20)13-10-12(25-7-3-1-2-4-8-25)15(24-23-13)16(27)22-11-5-6-21-14(26)9-11;1-8-9(11(17)21)12(19-18-10(8)13(14,15)16)20-6-4-2-3-5-7-20;1-9-7-4-2-3-6(8)5-7;1-2/h5-6,9-10H,1-4,7-8H2,(H2,21,22,26,27);2-7H2,1H3,(H2,17,21);2-5H,8H2,1H3;1-2H3. The highest BCUT2D eigenvalue weighted by Gasteiger charge is 2.38. The fourth-order valence-corrected chi connectivity index (χ4v) is 6.63. The Balaban J connectivity index is 0.000000257. The molecule has 59 heavy (non-hydrogen) atoms. The molecule has 1 aromatic carbocycles. The molecule has 3 aromatic heterocycles. The number of aromatic nitrogens is 5. The largest absolute Gasteiger partial charge is 0.435 e. The van der Waals surface area contributed by atoms with E-state index in [0.29, 0.717) is 26.2 Å². The van der Waals surface area contributed by atoms with Gasteiger partial charge in [0.25, 0.3) is 11.8 Å². The van der Waals surface area contributed by atoms with E-state index in [9.17, 15) is 40.7 Å². The maximum absolute atomic E-state index is 13.1. The fraction of sp³-hybridized carbons (Fsp3) is 0.462. The number of hydrogen-bond acceptors (Lipinski definition) is 11. The van der Waals surface area contributed by atoms with E-state index in [0.717, 1.165) is 63.1 Å². The van der Waals surface area contributed by atoms with E-state index >= 15 is 0 Å². The third kappa shape index (κ3) is 14.4. The molecule has 2 amide bonds. The number of nitrogen functional groups attached to an aromatic ring is 1. The molecule has 0 bridgehead atoms. The monoisotopic (exact) mass is 852 g/mol. The maximum Gasteiger partial charge on any atom is 0.435 e. The van der Waals surface area contributed by atoms with Crippen LogP contribution in [0.2, 0.25) is 0 Å². The zero-order valence-corrected chi connectivity index (χ0v) is 34.2. The Morgan fingerprint density at radius 3 is 1.88 bits per heavy atom. The first-order valence-electron chi connectivity index (χ1n) is 19.1. The molecular formula is C39H50F6N10O3S. The van der Waals surface area contributed by atoms with Crippen molar-refractivity contribution in [1.29, 1.82) is 0 Å². The first-order valence-corrected chi connectivity index (χ1v) is 20.3. The van der Waals surface area contributed by atoms with Gasteiger partial charge in [0.05, 0.1) is 11.3 Å². The molecule has 0 atom stereocenters. The van der Waals surface area contributed by atoms with Crippen LogP contribution in [-0.4, -0.2) is 69.6 Å². The second-order valence-corrected chi connectivity index (χ2v) is 14.0. The molecule has 2 saturated heterocycles. The number of thioether (sulfide) groups is 1. The number of carbonyl (C=O) groups is 2. The summed E-state index contributed by atoms with van der Waals surface area (Å²) in [6, 6.07) is 11.3. The Bertz CT molecular complexity index is 2030. The smallest absolute Gasteiger partial charge is 0.399 e. The number of nitrogens with zero attached hydrogens (tertiary/aromatic N) is 6. The van der Waals surface area contributed by atoms with Gasteiger partial charge in [-0.1, -0.05) is 45.6 Å². The molecule has 13 nitrogen and oxygen atoms in total. The van der Waals surface area contributed by atoms with Crippen molar-refractivity contribution < 1.29 is 35.9 Å². The minimum absolute atomic E-state index is 0.0987. The van der Waals surface area contributed by atoms with Crippen molar-refractivity contribution in [1.82, 2.24) is 25.4 Å². The van der Waals surface area contributed by atoms with Crippen molar-refractivity contribution in [3.8, 4) is 0 Å². The molecule has 0 saturated carbocycles. The molecule has 20 heteroatoms. The Morgan fingerprint density at radius 1 is 0.797 bits per heavy atom. The Hall–Kier alpha value is -5.40. The number of aromatic amines is 1. The van der Waals surface area contributed by atoms with Crippen molar-refractivity contribution in [3.63, 3.8) is 0 Å². The Labute approximate surface area is 342 Å². The zero-order valence-electron chi connectivity index (χ0n) is 33.3. The van der Waals surface area contributed by atoms with Crippen molar-refractivity contribution in [3.05, 3.63) is 87.2 Å². The van der Waals surface area contributed by atoms with Gasteiger partial charge in [-0.3, -0.25) is 14.4 Å². The third-order valence-corrected chi connectivity index (χ3v) is 9.70. The van der Waals surface area contributed by atoms with E-state index in [1.54, 1.807) is 21.6 Å². The highest BCUT2D eigenvalue weighted by atomic mass is 32.2. The molecular weight excluding hydrogens is 803 g/mol. The van der Waals surface area contributed by atoms with Crippen LogP contribution < -0.4 is 32.1 Å². The lowest BCUT2D eigenvalue weighted by Crippen LogP contribution is -2.30. The Kier molecular flexibility index (Phi) is 18.4. The van der Waals surface area contributed by atoms with Crippen LogP contribution in [0, 0.1) is 6.92 Å². The van der Waals surface area contributed by atoms with Crippen molar-refractivity contribution in [2.75, 3.05) is 53.3 Å². The van der Waals surface area contributed by atoms with Gasteiger partial charge in [0, 0.05) is 54.7 Å². The van der Waals surface area contributed by atoms with Gasteiger partial charge in [-0.05, 0) is 74.8 Å². The lowest BCUT2D eigenvalue weighted by Gasteiger charge is -2.24. The lowest BCUT2D eigenvalue weighted by atomic mass is 10.1. The summed E-state index contributed by atoms with van der Waals surface area (Å²) in [6.07, 6.45) is 1.59. The molecule has 0 unspecified atom stereocenters. The van der Waals surface area contributed by atoms with Gasteiger partial charge >= 0.3 is 12.4 Å². The SMILES string of the molecule is CC.CSc1cccc(N)c1.Cc1c(C(F)(F)F)nnc(N2CCCCCC2)c1C(N)=O.O=C(Nc1cc[nH]c(=O)c1)c1nnc(C(F)(F)F)cc1N1CCCCCC1. The summed E-state index contributed by atoms with van der Waals surface area (Å²) < 4.78 is 77.8. The number of nitrogens with two attached hydrogens (primary N) is 2. The van der Waals surface area contributed by atoms with Crippen LogP contribution in [0.1, 0.15) is 103 Å². The molecule has 0 spiro atoms. The van der Waals surface area contributed by atoms with Gasteiger partial charge in [0.1, 0.15) is 0 Å². The molecule has 5 heterocycles. The Morgan fingerprint density at radius 2 is 1.39 bits per heavy atom. The molecule has 4 aromatic rings. The van der Waals surface area contributed by atoms with Gasteiger partial charge in [0.2, 0.25) is 5.56 Å². The number of anilines is 4. The second kappa shape index (κ2) is 22.7. The van der Waals surface area contributed by atoms with Gasteiger partial charge in [-0.15, -0.1) is 32.2 Å². The summed E-state index contributed by atoms with van der Waals surface area (Å²) in [4.78, 5) is 42.7. The zero-order chi connectivity index (χ0) is 43.8. The normalized spacial score (nSPS) is 14.5. The van der Waals surface area contributed by atoms with E-state index in [-0.39, 0.29) is 34.0 Å². The minimum Gasteiger partial charge on any atom is -0.399 e. The molecule has 0 aliphatic carbocycles. The molecule has 2 fully saturated rings. The average Bonchev–Trinajstić information content (AvgIpc) is 3.64. The van der Waals surface area contributed by atoms with E-state index in [2.05, 4.69) is 30.7 Å². The number of nitrogens with one attached hydrogen (secondary N) is 2. The van der Waals surface area contributed by atoms with Gasteiger partial charge in [0.15, 0.2) is 22.9 Å². The van der Waals surface area contributed by atoms with Crippen molar-refractivity contribution in [2.24, 2.45) is 5.73 Å². The quantitative estimate of drug-likeness (QED) is 0.0833. The second-order valence-electron chi connectivity index (χ2n) is 13.2. The number of alkyl halides is 6. The van der Waals surface area contributed by atoms with Crippen LogP contribution in [0.25, 0.3) is 0 Å². The first kappa shape index (κ1) is 48.0. The molecule has 2 aliphatic rings. The molecule has 0 radical (unpaired) electrons. The number of carbonyl (C=O) groups excluding carboxylic acids is 2. The predicted molar refractivity (Wildman–Crippen MR) is 218 cm³/mol. The van der Waals surface area contributed by atoms with Crippen LogP contribution in [0.3, 0.4) is 0 Å². The highest BCUT2D eigenvalue weighted by molar-refractivity contribution is 7.98. The van der Waals surface area contributed by atoms with E-state index < -0.39 is 41.1 Å². The maximum atomic E-state index is 13.1. The van der Waals surface area contributed by atoms with Crippen molar-refractivity contribution in [2.45, 2.75) is 89.4 Å². The van der Waals surface area contributed by atoms with Gasteiger partial charge in [-0.2, -0.15) is 26.3 Å². The number of pyridine rings is 1. The van der Waals surface area contributed by atoms with Crippen LogP contribution in [0.4, 0.5) is 49.2 Å². The summed E-state index contributed by atoms with van der Waals surface area (Å²) in [5.41, 5.74) is 8.58. The summed E-state index contributed by atoms with van der Waals surface area (Å²) in [5, 5.41) is 16.1. The van der Waals surface area contributed by atoms with E-state index in [4.69, 9.17) is 11.5 Å². The molecule has 2 aliphatic heterocycles. The van der Waals surface area contributed by atoms with Crippen LogP contribution in [0.5, 0.6) is 0 Å². The van der Waals surface area contributed by atoms with Crippen molar-refractivity contribution >= 4 is 46.5 Å². The predicted octanol–water partition coefficient (Wildman–Crippen LogP) is 8.12. The summed E-state index contributed by atoms with van der Waals surface area (Å²) in [6.45, 7) is 7.56. The number of primary amides is 1. The number of halogens is 6. The fourth-order valence-electron chi connectivity index (χ4n) is 6.17. The van der Waals surface area contributed by atoms with E-state index in [1.807, 2.05) is 44.4 Å². The highest BCUT2D eigenvalue weighted by Crippen LogP contribution is 2.34. The molecule has 6 N–H and O–H groups in total. The molecule has 322 valence electrons. The summed E-state index contributed by atoms with van der Waals surface area (Å²) >= 11 is 1.70. The van der Waals surface area contributed by atoms with Crippen LogP contribution in [0.15, 0.2) is 58.4 Å². The van der Waals surface area contributed by atoms with E-state index in [1.165, 1.54) is 30.1 Å². The van der Waals surface area contributed by atoms with Crippen LogP contribution in [-0.2, 0) is 12.4 Å². The lowest BCUT2D eigenvalue weighted by molar-refractivity contribution is -0.142. The average molecular weight is 853 g/mol. The van der Waals surface area contributed by atoms with Gasteiger partial charge in [-0.25, -0.2) is 0 Å². The third-order valence-electron chi connectivity index (χ3n) is 8.97. The van der Waals surface area contributed by atoms with Gasteiger partial charge < -0.3 is 31.6 Å². The van der Waals surface area contributed by atoms with Crippen LogP contribution >= 0.6 is 11.8 Å². The summed E-state index contributed by atoms with van der Waals surface area (Å²) in [5.74, 6) is -1.47. The first-order chi connectivity index (χ1) is 28.0.